The van der Waals surface area contributed by atoms with Crippen LogP contribution in [0.25, 0.3) is 22.5 Å². The maximum atomic E-state index is 12.0. The zero-order valence-electron chi connectivity index (χ0n) is 22.2. The lowest BCUT2D eigenvalue weighted by Crippen LogP contribution is -2.45. The molecule has 0 bridgehead atoms. The number of rotatable bonds is 10. The van der Waals surface area contributed by atoms with Gasteiger partial charge in [-0.2, -0.15) is 0 Å². The molecule has 0 amide bonds. The Kier molecular flexibility index (Phi) is 7.67. The quantitative estimate of drug-likeness (QED) is 0.321. The molecule has 0 fully saturated rings. The van der Waals surface area contributed by atoms with Gasteiger partial charge in [-0.15, -0.1) is 5.10 Å². The largest absolute Gasteiger partial charge is 0.468 e. The molecule has 0 saturated carbocycles. The van der Waals surface area contributed by atoms with Gasteiger partial charge >= 0.3 is 5.97 Å². The van der Waals surface area contributed by atoms with Crippen molar-refractivity contribution in [2.45, 2.75) is 45.3 Å². The molecule has 0 radical (unpaired) electrons. The smallest absolute Gasteiger partial charge is 0.325 e. The van der Waals surface area contributed by atoms with Gasteiger partial charge in [-0.05, 0) is 40.0 Å². The Morgan fingerprint density at radius 2 is 1.89 bits per heavy atom. The maximum Gasteiger partial charge on any atom is 0.325 e. The number of carbonyl (C=O) groups excluding carboxylic acids is 1. The highest BCUT2D eigenvalue weighted by molar-refractivity contribution is 6.00. The second kappa shape index (κ2) is 11.5. The first kappa shape index (κ1) is 25.4. The van der Waals surface area contributed by atoms with E-state index in [9.17, 15) is 4.79 Å². The van der Waals surface area contributed by atoms with E-state index in [2.05, 4.69) is 73.9 Å². The number of ether oxygens (including phenoxy) is 1. The van der Waals surface area contributed by atoms with Crippen LogP contribution in [0.4, 0.5) is 0 Å². The zero-order chi connectivity index (χ0) is 26.5. The van der Waals surface area contributed by atoms with Crippen LogP contribution in [0.2, 0.25) is 0 Å². The van der Waals surface area contributed by atoms with Crippen LogP contribution in [-0.2, 0) is 16.1 Å². The fourth-order valence-electron chi connectivity index (χ4n) is 5.06. The first-order chi connectivity index (χ1) is 18.6. The van der Waals surface area contributed by atoms with Crippen molar-refractivity contribution in [1.29, 1.82) is 0 Å². The van der Waals surface area contributed by atoms with Gasteiger partial charge in [-0.3, -0.25) is 4.79 Å². The van der Waals surface area contributed by atoms with Crippen LogP contribution < -0.4 is 0 Å². The van der Waals surface area contributed by atoms with Gasteiger partial charge in [-0.1, -0.05) is 68.3 Å². The maximum absolute atomic E-state index is 12.0. The van der Waals surface area contributed by atoms with E-state index in [1.165, 1.54) is 25.5 Å². The summed E-state index contributed by atoms with van der Waals surface area (Å²) in [6, 6.07) is 16.7. The van der Waals surface area contributed by atoms with Crippen LogP contribution in [0, 0.1) is 0 Å². The molecule has 198 valence electrons. The molecule has 2 aliphatic rings. The van der Waals surface area contributed by atoms with Crippen LogP contribution in [0.15, 0.2) is 65.4 Å². The lowest BCUT2D eigenvalue weighted by atomic mass is 9.98. The summed E-state index contributed by atoms with van der Waals surface area (Å²) in [5.74, 6) is 1.38. The standard InChI is InChI=1S/C28H34N8O2/c1-4-5-6-11-25-29-28-24(17-35(19-34(28)2)18-26(37)38-3)36(25)16-20-12-14-21(15-13-20)22-9-7-8-10-23(22)27-30-32-33-31-27/h7-10,12-15,17,25H,4-6,11,16,18-19H2,1-3H3,(H,30,31,32,33). The second-order valence-electron chi connectivity index (χ2n) is 9.73. The second-order valence-corrected chi connectivity index (χ2v) is 9.73. The first-order valence-electron chi connectivity index (χ1n) is 13.1. The molecule has 10 nitrogen and oxygen atoms in total. The molecule has 0 aliphatic carbocycles. The predicted octanol–water partition coefficient (Wildman–Crippen LogP) is 3.87. The van der Waals surface area contributed by atoms with E-state index < -0.39 is 0 Å². The summed E-state index contributed by atoms with van der Waals surface area (Å²) in [7, 11) is 3.45. The number of H-pyrrole nitrogens is 1. The van der Waals surface area contributed by atoms with Gasteiger partial charge in [0.2, 0.25) is 0 Å². The van der Waals surface area contributed by atoms with Crippen molar-refractivity contribution in [3.05, 3.63) is 66.0 Å². The average molecular weight is 515 g/mol. The number of aromatic amines is 1. The van der Waals surface area contributed by atoms with Crippen molar-refractivity contribution in [3.63, 3.8) is 0 Å². The number of methoxy groups -OCH3 is 1. The van der Waals surface area contributed by atoms with Crippen LogP contribution in [0.3, 0.4) is 0 Å². The van der Waals surface area contributed by atoms with Gasteiger partial charge in [0.25, 0.3) is 0 Å². The molecule has 1 N–H and O–H groups in total. The Balaban J connectivity index is 1.39. The Morgan fingerprint density at radius 3 is 2.61 bits per heavy atom. The van der Waals surface area contributed by atoms with Crippen molar-refractivity contribution >= 4 is 11.8 Å². The van der Waals surface area contributed by atoms with Gasteiger partial charge < -0.3 is 19.4 Å². The Hall–Kier alpha value is -4.21. The molecule has 3 heterocycles. The summed E-state index contributed by atoms with van der Waals surface area (Å²) in [6.45, 7) is 3.75. The highest BCUT2D eigenvalue weighted by Gasteiger charge is 2.36. The number of tetrazole rings is 1. The minimum absolute atomic E-state index is 0.0719. The summed E-state index contributed by atoms with van der Waals surface area (Å²) in [5.41, 5.74) is 5.37. The average Bonchev–Trinajstić information content (AvgIpc) is 3.59. The number of aliphatic imine (C=N–C) groups is 1. The molecule has 1 aromatic heterocycles. The topological polar surface area (TPSA) is 103 Å². The molecular weight excluding hydrogens is 480 g/mol. The molecule has 0 spiro atoms. The molecule has 2 aromatic carbocycles. The summed E-state index contributed by atoms with van der Waals surface area (Å²) in [5, 5.41) is 14.4. The number of fused-ring (bicyclic) bond motifs is 1. The zero-order valence-corrected chi connectivity index (χ0v) is 22.2. The number of benzene rings is 2. The summed E-state index contributed by atoms with van der Waals surface area (Å²) in [6.07, 6.45) is 6.62. The van der Waals surface area contributed by atoms with E-state index >= 15 is 0 Å². The molecule has 3 aromatic rings. The number of nitrogens with one attached hydrogen (secondary N) is 1. The van der Waals surface area contributed by atoms with Crippen molar-refractivity contribution in [2.75, 3.05) is 27.4 Å². The third kappa shape index (κ3) is 5.39. The van der Waals surface area contributed by atoms with Gasteiger partial charge in [0.15, 0.2) is 11.7 Å². The van der Waals surface area contributed by atoms with Crippen molar-refractivity contribution in [3.8, 4) is 22.5 Å². The molecule has 1 unspecified atom stereocenters. The van der Waals surface area contributed by atoms with E-state index in [1.807, 2.05) is 30.1 Å². The van der Waals surface area contributed by atoms with Crippen LogP contribution in [-0.4, -0.2) is 80.7 Å². The van der Waals surface area contributed by atoms with Crippen molar-refractivity contribution < 1.29 is 9.53 Å². The number of likely N-dealkylation sites (N-methyl/N-ethyl adjacent to an activating group) is 1. The lowest BCUT2D eigenvalue weighted by molar-refractivity contribution is -0.141. The van der Waals surface area contributed by atoms with E-state index in [4.69, 9.17) is 9.73 Å². The van der Waals surface area contributed by atoms with E-state index in [0.717, 1.165) is 47.6 Å². The number of aromatic nitrogens is 4. The summed E-state index contributed by atoms with van der Waals surface area (Å²) >= 11 is 0. The van der Waals surface area contributed by atoms with Crippen LogP contribution in [0.5, 0.6) is 0 Å². The number of esters is 1. The lowest BCUT2D eigenvalue weighted by Gasteiger charge is -2.36. The fourth-order valence-corrected chi connectivity index (χ4v) is 5.06. The molecule has 10 heteroatoms. The normalized spacial score (nSPS) is 16.8. The first-order valence-corrected chi connectivity index (χ1v) is 13.1. The highest BCUT2D eigenvalue weighted by atomic mass is 16.5. The van der Waals surface area contributed by atoms with Crippen LogP contribution in [0.1, 0.15) is 38.2 Å². The number of hydrogen-bond donors (Lipinski definition) is 1. The minimum Gasteiger partial charge on any atom is -0.468 e. The minimum atomic E-state index is -0.253. The molecule has 2 aliphatic heterocycles. The predicted molar refractivity (Wildman–Crippen MR) is 145 cm³/mol. The van der Waals surface area contributed by atoms with Gasteiger partial charge in [0.05, 0.1) is 19.5 Å². The Labute approximate surface area is 223 Å². The third-order valence-corrected chi connectivity index (χ3v) is 7.00. The van der Waals surface area contributed by atoms with E-state index in [1.54, 1.807) is 0 Å². The van der Waals surface area contributed by atoms with Gasteiger partial charge in [-0.25, -0.2) is 10.1 Å². The third-order valence-electron chi connectivity index (χ3n) is 7.00. The Bertz CT molecular complexity index is 1300. The number of unbranched alkanes of at least 4 members (excludes halogenated alkanes) is 2. The van der Waals surface area contributed by atoms with E-state index in [-0.39, 0.29) is 18.7 Å². The number of hydrogen-bond acceptors (Lipinski definition) is 9. The Morgan fingerprint density at radius 1 is 1.11 bits per heavy atom. The number of carbonyl (C=O) groups is 1. The highest BCUT2D eigenvalue weighted by Crippen LogP contribution is 2.33. The number of nitrogens with zero attached hydrogens (tertiary/aromatic N) is 7. The monoisotopic (exact) mass is 514 g/mol. The summed E-state index contributed by atoms with van der Waals surface area (Å²) < 4.78 is 4.90. The molecule has 1 atom stereocenters. The van der Waals surface area contributed by atoms with Gasteiger partial charge in [0.1, 0.15) is 12.7 Å². The van der Waals surface area contributed by atoms with E-state index in [0.29, 0.717) is 12.5 Å². The number of amidine groups is 1. The van der Waals surface area contributed by atoms with Crippen LogP contribution >= 0.6 is 0 Å². The van der Waals surface area contributed by atoms with Crippen molar-refractivity contribution in [1.82, 2.24) is 35.3 Å². The SMILES string of the molecule is CCCCCC1N=C2C(=CN(CC(=O)OC)CN2C)N1Cc1ccc(-c2ccccc2-c2nnn[nH]2)cc1. The molecule has 0 saturated heterocycles. The summed E-state index contributed by atoms with van der Waals surface area (Å²) in [4.78, 5) is 23.6. The van der Waals surface area contributed by atoms with Crippen molar-refractivity contribution in [2.24, 2.45) is 4.99 Å². The van der Waals surface area contributed by atoms with Gasteiger partial charge in [0, 0.05) is 25.4 Å². The molecule has 5 rings (SSSR count). The fraction of sp³-hybridized carbons (Fsp3) is 0.393. The molecular formula is C28H34N8O2. The molecule has 38 heavy (non-hydrogen) atoms.